The average molecular weight is 195 g/mol. The van der Waals surface area contributed by atoms with E-state index in [9.17, 15) is 4.79 Å². The Balaban J connectivity index is 2.57. The highest BCUT2D eigenvalue weighted by molar-refractivity contribution is 6.34. The third kappa shape index (κ3) is 1.37. The largest absolute Gasteiger partial charge is 0.294 e. The van der Waals surface area contributed by atoms with Gasteiger partial charge in [0.1, 0.15) is 0 Å². The van der Waals surface area contributed by atoms with E-state index in [1.165, 1.54) is 0 Å². The van der Waals surface area contributed by atoms with Crippen molar-refractivity contribution in [3.05, 3.63) is 34.3 Å². The molecule has 0 aromatic heterocycles. The maximum absolute atomic E-state index is 11.8. The van der Waals surface area contributed by atoms with Crippen molar-refractivity contribution >= 4 is 17.4 Å². The van der Waals surface area contributed by atoms with Gasteiger partial charge < -0.3 is 0 Å². The van der Waals surface area contributed by atoms with Crippen LogP contribution in [-0.4, -0.2) is 5.78 Å². The van der Waals surface area contributed by atoms with Crippen LogP contribution in [0, 0.1) is 5.92 Å². The molecule has 1 aliphatic carbocycles. The minimum atomic E-state index is 0.132. The Bertz CT molecular complexity index is 357. The van der Waals surface area contributed by atoms with Gasteiger partial charge in [0.25, 0.3) is 0 Å². The van der Waals surface area contributed by atoms with E-state index in [4.69, 9.17) is 11.6 Å². The van der Waals surface area contributed by atoms with Crippen LogP contribution in [0.2, 0.25) is 5.02 Å². The van der Waals surface area contributed by atoms with Crippen molar-refractivity contribution in [2.75, 3.05) is 0 Å². The number of aryl methyl sites for hydroxylation is 1. The minimum absolute atomic E-state index is 0.132. The van der Waals surface area contributed by atoms with Gasteiger partial charge in [-0.3, -0.25) is 4.79 Å². The molecule has 13 heavy (non-hydrogen) atoms. The Morgan fingerprint density at radius 1 is 1.46 bits per heavy atom. The van der Waals surface area contributed by atoms with Gasteiger partial charge in [-0.2, -0.15) is 0 Å². The van der Waals surface area contributed by atoms with Gasteiger partial charge in [-0.15, -0.1) is 0 Å². The number of benzene rings is 1. The van der Waals surface area contributed by atoms with Gasteiger partial charge in [-0.1, -0.05) is 30.7 Å². The van der Waals surface area contributed by atoms with Crippen molar-refractivity contribution in [1.29, 1.82) is 0 Å². The number of carbonyl (C=O) groups is 1. The molecule has 0 heterocycles. The van der Waals surface area contributed by atoms with Crippen LogP contribution in [-0.2, 0) is 6.42 Å². The highest BCUT2D eigenvalue weighted by Crippen LogP contribution is 2.30. The van der Waals surface area contributed by atoms with Crippen LogP contribution in [0.15, 0.2) is 18.2 Å². The molecule has 1 aromatic carbocycles. The molecule has 1 aliphatic rings. The van der Waals surface area contributed by atoms with E-state index >= 15 is 0 Å². The average Bonchev–Trinajstić information content (AvgIpc) is 2.12. The molecule has 1 nitrogen and oxygen atoms in total. The van der Waals surface area contributed by atoms with Gasteiger partial charge in [0.05, 0.1) is 5.02 Å². The van der Waals surface area contributed by atoms with E-state index in [1.807, 2.05) is 19.1 Å². The zero-order valence-electron chi connectivity index (χ0n) is 7.51. The monoisotopic (exact) mass is 194 g/mol. The lowest BCUT2D eigenvalue weighted by Gasteiger charge is -2.20. The fourth-order valence-electron chi connectivity index (χ4n) is 1.80. The summed E-state index contributed by atoms with van der Waals surface area (Å²) in [6.07, 6.45) is 1.93. The van der Waals surface area contributed by atoms with Crippen molar-refractivity contribution in [2.45, 2.75) is 19.8 Å². The number of hydrogen-bond donors (Lipinski definition) is 0. The Morgan fingerprint density at radius 2 is 2.23 bits per heavy atom. The molecule has 0 fully saturated rings. The van der Waals surface area contributed by atoms with Gasteiger partial charge >= 0.3 is 0 Å². The van der Waals surface area contributed by atoms with Crippen LogP contribution in [0.25, 0.3) is 0 Å². The van der Waals surface area contributed by atoms with E-state index in [2.05, 4.69) is 0 Å². The van der Waals surface area contributed by atoms with E-state index < -0.39 is 0 Å². The summed E-state index contributed by atoms with van der Waals surface area (Å²) in [5, 5.41) is 0.606. The lowest BCUT2D eigenvalue weighted by Crippen LogP contribution is -2.20. The Hall–Kier alpha value is -0.820. The molecule has 0 aliphatic heterocycles. The molecule has 1 unspecified atom stereocenters. The molecule has 0 N–H and O–H groups in total. The second-order valence-electron chi connectivity index (χ2n) is 3.58. The number of hydrogen-bond acceptors (Lipinski definition) is 1. The van der Waals surface area contributed by atoms with Gasteiger partial charge in [0, 0.05) is 11.5 Å². The van der Waals surface area contributed by atoms with Crippen molar-refractivity contribution < 1.29 is 4.79 Å². The fourth-order valence-corrected chi connectivity index (χ4v) is 2.09. The number of Topliss-reactive ketones (excluding diaryl/α,β-unsaturated/α-hetero) is 1. The van der Waals surface area contributed by atoms with Crippen molar-refractivity contribution in [1.82, 2.24) is 0 Å². The molecule has 1 atom stereocenters. The molecule has 0 saturated heterocycles. The Kier molecular flexibility index (Phi) is 2.12. The number of ketones is 1. The number of carbonyl (C=O) groups excluding carboxylic acids is 1. The topological polar surface area (TPSA) is 17.1 Å². The van der Waals surface area contributed by atoms with Crippen molar-refractivity contribution in [2.24, 2.45) is 5.92 Å². The SMILES string of the molecule is CC1CCc2cccc(Cl)c2C1=O. The van der Waals surface area contributed by atoms with Crippen LogP contribution < -0.4 is 0 Å². The van der Waals surface area contributed by atoms with Gasteiger partial charge in [0.15, 0.2) is 5.78 Å². The second-order valence-corrected chi connectivity index (χ2v) is 3.99. The predicted molar refractivity (Wildman–Crippen MR) is 53.3 cm³/mol. The molecule has 2 heteroatoms. The number of fused-ring (bicyclic) bond motifs is 1. The Morgan fingerprint density at radius 3 is 3.00 bits per heavy atom. The normalized spacial score (nSPS) is 21.4. The van der Waals surface area contributed by atoms with Gasteiger partial charge in [0.2, 0.25) is 0 Å². The highest BCUT2D eigenvalue weighted by Gasteiger charge is 2.25. The van der Waals surface area contributed by atoms with Crippen molar-refractivity contribution in [3.8, 4) is 0 Å². The maximum Gasteiger partial charge on any atom is 0.167 e. The first-order chi connectivity index (χ1) is 6.20. The summed E-state index contributed by atoms with van der Waals surface area (Å²) < 4.78 is 0. The highest BCUT2D eigenvalue weighted by atomic mass is 35.5. The van der Waals surface area contributed by atoms with E-state index in [0.717, 1.165) is 24.0 Å². The first-order valence-electron chi connectivity index (χ1n) is 4.51. The van der Waals surface area contributed by atoms with Crippen molar-refractivity contribution in [3.63, 3.8) is 0 Å². The smallest absolute Gasteiger partial charge is 0.167 e. The van der Waals surface area contributed by atoms with E-state index in [1.54, 1.807) is 6.07 Å². The summed E-state index contributed by atoms with van der Waals surface area (Å²) in [5.74, 6) is 0.333. The molecule has 0 spiro atoms. The minimum Gasteiger partial charge on any atom is -0.294 e. The number of halogens is 1. The predicted octanol–water partition coefficient (Wildman–Crippen LogP) is 3.11. The molecule has 0 saturated carbocycles. The third-order valence-corrected chi connectivity index (χ3v) is 2.96. The first-order valence-corrected chi connectivity index (χ1v) is 4.89. The van der Waals surface area contributed by atoms with Crippen LogP contribution in [0.3, 0.4) is 0 Å². The van der Waals surface area contributed by atoms with Gasteiger partial charge in [-0.25, -0.2) is 0 Å². The maximum atomic E-state index is 11.8. The molecular weight excluding hydrogens is 184 g/mol. The standard InChI is InChI=1S/C11H11ClO/c1-7-5-6-8-3-2-4-9(12)10(8)11(7)13/h2-4,7H,5-6H2,1H3. The van der Waals surface area contributed by atoms with Crippen LogP contribution in [0.5, 0.6) is 0 Å². The third-order valence-electron chi connectivity index (χ3n) is 2.64. The molecule has 0 radical (unpaired) electrons. The molecule has 0 amide bonds. The lowest BCUT2D eigenvalue weighted by molar-refractivity contribution is 0.0914. The molecule has 68 valence electrons. The molecular formula is C11H11ClO. The Labute approximate surface area is 82.7 Å². The summed E-state index contributed by atoms with van der Waals surface area (Å²) in [4.78, 5) is 11.8. The summed E-state index contributed by atoms with van der Waals surface area (Å²) in [5.41, 5.74) is 1.86. The number of rotatable bonds is 0. The quantitative estimate of drug-likeness (QED) is 0.620. The molecule has 1 aromatic rings. The summed E-state index contributed by atoms with van der Waals surface area (Å²) in [7, 11) is 0. The van der Waals surface area contributed by atoms with E-state index in [-0.39, 0.29) is 11.7 Å². The van der Waals surface area contributed by atoms with Crippen LogP contribution >= 0.6 is 11.6 Å². The first kappa shape index (κ1) is 8.76. The fraction of sp³-hybridized carbons (Fsp3) is 0.364. The van der Waals surface area contributed by atoms with Crippen LogP contribution in [0.1, 0.15) is 29.3 Å². The lowest BCUT2D eigenvalue weighted by atomic mass is 9.84. The summed E-state index contributed by atoms with van der Waals surface area (Å²) >= 11 is 5.98. The molecule has 2 rings (SSSR count). The second kappa shape index (κ2) is 3.15. The van der Waals surface area contributed by atoms with Gasteiger partial charge in [-0.05, 0) is 24.5 Å². The van der Waals surface area contributed by atoms with Crippen LogP contribution in [0.4, 0.5) is 0 Å². The summed E-state index contributed by atoms with van der Waals surface area (Å²) in [6, 6.07) is 5.69. The van der Waals surface area contributed by atoms with E-state index in [0.29, 0.717) is 5.02 Å². The zero-order chi connectivity index (χ0) is 9.42. The summed E-state index contributed by atoms with van der Waals surface area (Å²) in [6.45, 7) is 1.97. The molecule has 0 bridgehead atoms. The zero-order valence-corrected chi connectivity index (χ0v) is 8.27.